The number of hydrogen-bond donors (Lipinski definition) is 2. The van der Waals surface area contributed by atoms with Gasteiger partial charge in [-0.1, -0.05) is 6.07 Å². The fraction of sp³-hybridized carbons (Fsp3) is 0.294. The van der Waals surface area contributed by atoms with E-state index in [1.807, 2.05) is 32.3 Å². The average molecular weight is 328 g/mol. The minimum Gasteiger partial charge on any atom is -0.368 e. The Morgan fingerprint density at radius 2 is 2.09 bits per heavy atom. The number of likely N-dealkylation sites (N-methyl/N-ethyl adjacent to an activating group) is 1. The largest absolute Gasteiger partial charge is 0.368 e. The molecule has 2 heterocycles. The van der Waals surface area contributed by atoms with E-state index in [-0.39, 0.29) is 5.91 Å². The highest BCUT2D eigenvalue weighted by atomic mass is 32.1. The number of benzene rings is 1. The molecule has 0 fully saturated rings. The van der Waals surface area contributed by atoms with Crippen LogP contribution >= 0.6 is 11.3 Å². The molecule has 0 atom stereocenters. The highest BCUT2D eigenvalue weighted by Crippen LogP contribution is 2.33. The molecule has 0 unspecified atom stereocenters. The van der Waals surface area contributed by atoms with Gasteiger partial charge < -0.3 is 15.5 Å². The molecule has 3 rings (SSSR count). The Morgan fingerprint density at radius 1 is 1.26 bits per heavy atom. The number of carbonyl (C=O) groups is 1. The average Bonchev–Trinajstić information content (AvgIpc) is 3.03. The van der Waals surface area contributed by atoms with Crippen LogP contribution in [0.25, 0.3) is 21.0 Å². The Labute approximate surface area is 139 Å². The van der Waals surface area contributed by atoms with E-state index in [1.165, 1.54) is 4.70 Å². The number of pyridine rings is 1. The Balaban J connectivity index is 2.06. The molecule has 1 amide bonds. The molecule has 0 bridgehead atoms. The lowest BCUT2D eigenvalue weighted by molar-refractivity contribution is 0.0963. The van der Waals surface area contributed by atoms with Crippen molar-refractivity contribution in [3.63, 3.8) is 0 Å². The zero-order chi connectivity index (χ0) is 16.4. The topological polar surface area (TPSA) is 57.3 Å². The lowest BCUT2D eigenvalue weighted by Gasteiger charge is -2.13. The maximum Gasteiger partial charge on any atom is 0.251 e. The van der Waals surface area contributed by atoms with Crippen LogP contribution in [0.4, 0.5) is 5.82 Å². The van der Waals surface area contributed by atoms with Crippen LogP contribution < -0.4 is 10.6 Å². The van der Waals surface area contributed by atoms with Crippen LogP contribution in [0.15, 0.2) is 29.6 Å². The van der Waals surface area contributed by atoms with E-state index in [0.29, 0.717) is 5.56 Å². The molecule has 0 saturated heterocycles. The van der Waals surface area contributed by atoms with Crippen LogP contribution in [0.2, 0.25) is 0 Å². The number of nitrogens with zero attached hydrogens (tertiary/aromatic N) is 2. The van der Waals surface area contributed by atoms with Gasteiger partial charge in [0, 0.05) is 41.2 Å². The lowest BCUT2D eigenvalue weighted by atomic mass is 10.1. The number of hydrogen-bond acceptors (Lipinski definition) is 5. The van der Waals surface area contributed by atoms with Gasteiger partial charge in [-0.15, -0.1) is 11.3 Å². The minimum atomic E-state index is -0.0953. The highest BCUT2D eigenvalue weighted by Gasteiger charge is 2.12. The van der Waals surface area contributed by atoms with Crippen LogP contribution in [0.1, 0.15) is 10.4 Å². The van der Waals surface area contributed by atoms with Crippen molar-refractivity contribution in [3.8, 4) is 0 Å². The fourth-order valence-corrected chi connectivity index (χ4v) is 3.45. The molecule has 6 heteroatoms. The van der Waals surface area contributed by atoms with E-state index in [1.54, 1.807) is 18.4 Å². The zero-order valence-corrected chi connectivity index (χ0v) is 14.3. The summed E-state index contributed by atoms with van der Waals surface area (Å²) in [7, 11) is 5.73. The van der Waals surface area contributed by atoms with Crippen LogP contribution in [-0.2, 0) is 0 Å². The van der Waals surface area contributed by atoms with Gasteiger partial charge in [-0.25, -0.2) is 4.98 Å². The number of amides is 1. The van der Waals surface area contributed by atoms with Crippen molar-refractivity contribution < 1.29 is 4.79 Å². The smallest absolute Gasteiger partial charge is 0.251 e. The molecule has 0 spiro atoms. The summed E-state index contributed by atoms with van der Waals surface area (Å²) in [5.74, 6) is 0.784. The Morgan fingerprint density at radius 3 is 2.83 bits per heavy atom. The van der Waals surface area contributed by atoms with E-state index in [9.17, 15) is 4.79 Å². The molecule has 0 aliphatic carbocycles. The first kappa shape index (κ1) is 15.7. The van der Waals surface area contributed by atoms with Crippen molar-refractivity contribution in [2.45, 2.75) is 0 Å². The molecule has 0 radical (unpaired) electrons. The molecule has 23 heavy (non-hydrogen) atoms. The molecule has 0 aliphatic heterocycles. The zero-order valence-electron chi connectivity index (χ0n) is 13.5. The summed E-state index contributed by atoms with van der Waals surface area (Å²) >= 11 is 1.70. The van der Waals surface area contributed by atoms with E-state index in [0.717, 1.165) is 35.2 Å². The number of thiophene rings is 1. The van der Waals surface area contributed by atoms with Gasteiger partial charge in [0.1, 0.15) is 5.82 Å². The summed E-state index contributed by atoms with van der Waals surface area (Å²) < 4.78 is 1.20. The minimum absolute atomic E-state index is 0.0953. The number of rotatable bonds is 5. The molecule has 0 saturated carbocycles. The third-order valence-corrected chi connectivity index (χ3v) is 4.68. The number of nitrogens with one attached hydrogen (secondary N) is 2. The fourth-order valence-electron chi connectivity index (χ4n) is 2.52. The van der Waals surface area contributed by atoms with Gasteiger partial charge in [0.25, 0.3) is 5.91 Å². The van der Waals surface area contributed by atoms with E-state index >= 15 is 0 Å². The first-order valence-electron chi connectivity index (χ1n) is 7.52. The van der Waals surface area contributed by atoms with Crippen LogP contribution in [-0.4, -0.2) is 50.0 Å². The summed E-state index contributed by atoms with van der Waals surface area (Å²) in [5, 5.41) is 10.4. The van der Waals surface area contributed by atoms with Gasteiger partial charge in [-0.05, 0) is 37.7 Å². The van der Waals surface area contributed by atoms with Crippen molar-refractivity contribution in [1.82, 2.24) is 15.2 Å². The molecule has 120 valence electrons. The van der Waals surface area contributed by atoms with Gasteiger partial charge in [-0.2, -0.15) is 0 Å². The van der Waals surface area contributed by atoms with Gasteiger partial charge >= 0.3 is 0 Å². The van der Waals surface area contributed by atoms with Gasteiger partial charge in [-0.3, -0.25) is 4.79 Å². The third kappa shape index (κ3) is 3.13. The monoisotopic (exact) mass is 328 g/mol. The third-order valence-electron chi connectivity index (χ3n) is 3.74. The van der Waals surface area contributed by atoms with Crippen molar-refractivity contribution in [1.29, 1.82) is 0 Å². The Kier molecular flexibility index (Phi) is 4.45. The van der Waals surface area contributed by atoms with Crippen LogP contribution in [0.3, 0.4) is 0 Å². The van der Waals surface area contributed by atoms with Crippen molar-refractivity contribution in [2.75, 3.05) is 39.5 Å². The van der Waals surface area contributed by atoms with Crippen LogP contribution in [0, 0.1) is 0 Å². The summed E-state index contributed by atoms with van der Waals surface area (Å²) in [6.45, 7) is 1.76. The quantitative estimate of drug-likeness (QED) is 0.756. The maximum atomic E-state index is 11.8. The van der Waals surface area contributed by atoms with Gasteiger partial charge in [0.2, 0.25) is 0 Å². The maximum absolute atomic E-state index is 11.8. The Hall–Kier alpha value is -2.18. The molecular formula is C17H20N4OS. The van der Waals surface area contributed by atoms with E-state index < -0.39 is 0 Å². The Bertz CT molecular complexity index is 856. The van der Waals surface area contributed by atoms with Crippen molar-refractivity contribution in [2.24, 2.45) is 0 Å². The van der Waals surface area contributed by atoms with E-state index in [2.05, 4.69) is 27.0 Å². The lowest BCUT2D eigenvalue weighted by Crippen LogP contribution is -2.21. The molecule has 2 N–H and O–H groups in total. The van der Waals surface area contributed by atoms with Gasteiger partial charge in [0.05, 0.1) is 5.52 Å². The van der Waals surface area contributed by atoms with Crippen molar-refractivity contribution >= 4 is 44.1 Å². The summed E-state index contributed by atoms with van der Waals surface area (Å²) in [5.41, 5.74) is 1.47. The molecule has 5 nitrogen and oxygen atoms in total. The van der Waals surface area contributed by atoms with Crippen molar-refractivity contribution in [3.05, 3.63) is 35.2 Å². The molecule has 2 aromatic heterocycles. The number of aromatic nitrogens is 1. The second kappa shape index (κ2) is 6.52. The SMILES string of the molecule is CNC(=O)c1ccc2c(c1)nc(NCCN(C)C)c1ccsc12. The van der Waals surface area contributed by atoms with Crippen LogP contribution in [0.5, 0.6) is 0 Å². The predicted octanol–water partition coefficient (Wildman–Crippen LogP) is 2.78. The summed E-state index contributed by atoms with van der Waals surface area (Å²) in [6, 6.07) is 7.78. The second-order valence-corrected chi connectivity index (χ2v) is 6.58. The number of carbonyl (C=O) groups excluding carboxylic acids is 1. The standard InChI is InChI=1S/C17H20N4OS/c1-18-17(22)11-4-5-12-14(10-11)20-16(19-7-8-21(2)3)13-6-9-23-15(12)13/h4-6,9-10H,7-8H2,1-3H3,(H,18,22)(H,19,20). The summed E-state index contributed by atoms with van der Waals surface area (Å²) in [4.78, 5) is 18.7. The van der Waals surface area contributed by atoms with Gasteiger partial charge in [0.15, 0.2) is 0 Å². The molecule has 0 aliphatic rings. The normalized spacial score (nSPS) is 11.3. The number of fused-ring (bicyclic) bond motifs is 3. The summed E-state index contributed by atoms with van der Waals surface area (Å²) in [6.07, 6.45) is 0. The highest BCUT2D eigenvalue weighted by molar-refractivity contribution is 7.18. The molecular weight excluding hydrogens is 308 g/mol. The van der Waals surface area contributed by atoms with E-state index in [4.69, 9.17) is 4.98 Å². The first-order chi connectivity index (χ1) is 11.1. The molecule has 1 aromatic carbocycles. The predicted molar refractivity (Wildman–Crippen MR) is 97.6 cm³/mol. The first-order valence-corrected chi connectivity index (χ1v) is 8.40. The number of anilines is 1. The molecule has 3 aromatic rings. The second-order valence-electron chi connectivity index (χ2n) is 5.66.